The first-order valence-electron chi connectivity index (χ1n) is 31.1. The summed E-state index contributed by atoms with van der Waals surface area (Å²) in [5, 5.41) is 0. The molecule has 12 rings (SSSR count). The summed E-state index contributed by atoms with van der Waals surface area (Å²) < 4.78 is 5.49. The Bertz CT molecular complexity index is 2770. The zero-order valence-electron chi connectivity index (χ0n) is 51.4. The Labute approximate surface area is 513 Å². The van der Waals surface area contributed by atoms with Gasteiger partial charge in [0.1, 0.15) is 5.75 Å². The van der Waals surface area contributed by atoms with Crippen LogP contribution in [0.25, 0.3) is 0 Å². The van der Waals surface area contributed by atoms with Crippen molar-refractivity contribution in [2.75, 3.05) is 33.8 Å². The maximum atomic E-state index is 5.49. The Hall–Kier alpha value is -4.96. The van der Waals surface area contributed by atoms with E-state index in [9.17, 15) is 0 Å². The van der Waals surface area contributed by atoms with Crippen LogP contribution >= 0.6 is 0 Å². The molecule has 3 heterocycles. The van der Waals surface area contributed by atoms with Crippen LogP contribution < -0.4 is 4.74 Å². The Morgan fingerprint density at radius 2 is 0.783 bits per heavy atom. The van der Waals surface area contributed by atoms with Crippen molar-refractivity contribution in [3.63, 3.8) is 0 Å². The van der Waals surface area contributed by atoms with Crippen LogP contribution in [0.15, 0.2) is 127 Å². The van der Waals surface area contributed by atoms with Crippen LogP contribution in [0.2, 0.25) is 0 Å². The molecule has 3 heteroatoms. The molecule has 0 radical (unpaired) electrons. The Morgan fingerprint density at radius 3 is 1.34 bits per heavy atom. The Kier molecular flexibility index (Phi) is 32.3. The SMILES string of the molecule is C.C.C.C.C.CC(C)C1CCCc2ccccc21.CC(C)C1CCc2ccccc21.CC(C)C1CN(C)Cc2ccccc21.CC(C)c1cccc2c1CCCC2.CC(C)c1cccc2c1CCN(C)C2.CC(C)c1cccc2c1CCO2. The summed E-state index contributed by atoms with van der Waals surface area (Å²) in [6.07, 6.45) is 14.4. The molecule has 0 aromatic heterocycles. The Morgan fingerprint density at radius 1 is 0.361 bits per heavy atom. The molecule has 6 aromatic carbocycles. The number of fused-ring (bicyclic) bond motifs is 6. The number of benzene rings is 6. The molecule has 3 atom stereocenters. The molecule has 0 fully saturated rings. The summed E-state index contributed by atoms with van der Waals surface area (Å²) in [6, 6.07) is 46.7. The van der Waals surface area contributed by atoms with Crippen molar-refractivity contribution >= 4 is 0 Å². The predicted octanol–water partition coefficient (Wildman–Crippen LogP) is 22.4. The summed E-state index contributed by atoms with van der Waals surface area (Å²) in [5.74, 6) is 7.73. The molecule has 3 aliphatic carbocycles. The molecule has 6 aliphatic rings. The van der Waals surface area contributed by atoms with E-state index in [1.54, 1.807) is 55.6 Å². The molecule has 3 unspecified atom stereocenters. The first kappa shape index (κ1) is 74.1. The van der Waals surface area contributed by atoms with E-state index in [4.69, 9.17) is 4.74 Å². The van der Waals surface area contributed by atoms with Crippen LogP contribution in [-0.4, -0.2) is 43.6 Å². The number of likely N-dealkylation sites (N-methyl/N-ethyl adjacent to an activating group) is 2. The smallest absolute Gasteiger partial charge is 0.122 e. The fourth-order valence-corrected chi connectivity index (χ4v) is 13.6. The molecule has 0 bridgehead atoms. The average molecular weight is 1130 g/mol. The van der Waals surface area contributed by atoms with E-state index in [2.05, 4.69) is 234 Å². The summed E-state index contributed by atoms with van der Waals surface area (Å²) in [4.78, 5) is 4.82. The zero-order chi connectivity index (χ0) is 55.9. The minimum atomic E-state index is 0. The van der Waals surface area contributed by atoms with Gasteiger partial charge in [-0.05, 0) is 210 Å². The third-order valence-electron chi connectivity index (χ3n) is 18.0. The topological polar surface area (TPSA) is 15.7 Å². The van der Waals surface area contributed by atoms with Gasteiger partial charge in [-0.15, -0.1) is 0 Å². The van der Waals surface area contributed by atoms with Crippen molar-refractivity contribution in [3.05, 3.63) is 205 Å². The summed E-state index contributed by atoms with van der Waals surface area (Å²) in [6.45, 7) is 33.1. The first-order valence-corrected chi connectivity index (χ1v) is 31.1. The molecular weight excluding hydrogens is 1000 g/mol. The van der Waals surface area contributed by atoms with Crippen molar-refractivity contribution in [1.29, 1.82) is 0 Å². The fraction of sp³-hybridized carbons (Fsp3) is 0.550. The quantitative estimate of drug-likeness (QED) is 0.165. The second-order valence-corrected chi connectivity index (χ2v) is 25.8. The van der Waals surface area contributed by atoms with Gasteiger partial charge in [0.2, 0.25) is 0 Å². The maximum absolute atomic E-state index is 5.49. The summed E-state index contributed by atoms with van der Waals surface area (Å²) in [5.41, 5.74) is 21.9. The molecule has 0 amide bonds. The van der Waals surface area contributed by atoms with Gasteiger partial charge in [0, 0.05) is 38.2 Å². The van der Waals surface area contributed by atoms with Crippen molar-refractivity contribution in [3.8, 4) is 5.75 Å². The van der Waals surface area contributed by atoms with Crippen LogP contribution in [0.1, 0.15) is 266 Å². The molecule has 3 aliphatic heterocycles. The lowest BCUT2D eigenvalue weighted by atomic mass is 9.77. The highest BCUT2D eigenvalue weighted by Crippen LogP contribution is 2.39. The molecule has 0 saturated heterocycles. The second-order valence-electron chi connectivity index (χ2n) is 25.8. The normalized spacial score (nSPS) is 17.8. The molecular formula is C80H124N2O. The molecule has 460 valence electrons. The number of nitrogens with zero attached hydrogens (tertiary/aromatic N) is 2. The van der Waals surface area contributed by atoms with Gasteiger partial charge in [0.25, 0.3) is 0 Å². The molecule has 3 nitrogen and oxygen atoms in total. The predicted molar refractivity (Wildman–Crippen MR) is 371 cm³/mol. The minimum Gasteiger partial charge on any atom is -0.493 e. The van der Waals surface area contributed by atoms with Crippen LogP contribution in [0.4, 0.5) is 0 Å². The Balaban J connectivity index is 0.000000336. The lowest BCUT2D eigenvalue weighted by molar-refractivity contribution is 0.253. The monoisotopic (exact) mass is 1130 g/mol. The van der Waals surface area contributed by atoms with E-state index in [0.29, 0.717) is 23.7 Å². The molecule has 0 N–H and O–H groups in total. The molecule has 6 aromatic rings. The van der Waals surface area contributed by atoms with E-state index in [0.717, 1.165) is 61.5 Å². The fourth-order valence-electron chi connectivity index (χ4n) is 13.6. The third-order valence-corrected chi connectivity index (χ3v) is 18.0. The third kappa shape index (κ3) is 20.1. The molecule has 83 heavy (non-hydrogen) atoms. The van der Waals surface area contributed by atoms with Gasteiger partial charge < -0.3 is 14.5 Å². The van der Waals surface area contributed by atoms with Crippen LogP contribution in [0.3, 0.4) is 0 Å². The van der Waals surface area contributed by atoms with Crippen LogP contribution in [0, 0.1) is 17.8 Å². The summed E-state index contributed by atoms with van der Waals surface area (Å²) in [7, 11) is 4.41. The highest BCUT2D eigenvalue weighted by atomic mass is 16.5. The van der Waals surface area contributed by atoms with Gasteiger partial charge in [-0.25, -0.2) is 0 Å². The van der Waals surface area contributed by atoms with Crippen molar-refractivity contribution in [2.45, 2.75) is 239 Å². The maximum Gasteiger partial charge on any atom is 0.122 e. The van der Waals surface area contributed by atoms with Gasteiger partial charge in [-0.2, -0.15) is 0 Å². The van der Waals surface area contributed by atoms with Crippen LogP contribution in [0.5, 0.6) is 5.75 Å². The first-order chi connectivity index (χ1) is 37.5. The highest BCUT2D eigenvalue weighted by Gasteiger charge is 2.27. The average Bonchev–Trinajstić information content (AvgIpc) is 4.22. The van der Waals surface area contributed by atoms with E-state index in [1.807, 2.05) is 0 Å². The minimum absolute atomic E-state index is 0. The van der Waals surface area contributed by atoms with Crippen LogP contribution in [-0.2, 0) is 51.6 Å². The van der Waals surface area contributed by atoms with E-state index >= 15 is 0 Å². The second kappa shape index (κ2) is 36.1. The van der Waals surface area contributed by atoms with Gasteiger partial charge in [0.05, 0.1) is 6.61 Å². The van der Waals surface area contributed by atoms with E-state index < -0.39 is 0 Å². The van der Waals surface area contributed by atoms with Gasteiger partial charge in [-0.1, -0.05) is 242 Å². The molecule has 0 saturated carbocycles. The van der Waals surface area contributed by atoms with Gasteiger partial charge >= 0.3 is 0 Å². The number of aryl methyl sites for hydroxylation is 3. The van der Waals surface area contributed by atoms with Gasteiger partial charge in [0.15, 0.2) is 0 Å². The highest BCUT2D eigenvalue weighted by molar-refractivity contribution is 5.44. The summed E-state index contributed by atoms with van der Waals surface area (Å²) >= 11 is 0. The number of rotatable bonds is 6. The lowest BCUT2D eigenvalue weighted by Gasteiger charge is -2.34. The van der Waals surface area contributed by atoms with E-state index in [-0.39, 0.29) is 37.1 Å². The molecule has 0 spiro atoms. The van der Waals surface area contributed by atoms with Crippen molar-refractivity contribution in [2.24, 2.45) is 17.8 Å². The van der Waals surface area contributed by atoms with E-state index in [1.165, 1.54) is 99.6 Å². The lowest BCUT2D eigenvalue weighted by Crippen LogP contribution is -2.32. The largest absolute Gasteiger partial charge is 0.493 e. The number of ether oxygens (including phenoxy) is 1. The number of hydrogen-bond donors (Lipinski definition) is 0. The van der Waals surface area contributed by atoms with Crippen molar-refractivity contribution < 1.29 is 4.74 Å². The standard InChI is InChI=1S/2C13H19N.2C13H18.C12H16.C11H14O.5CH4/c1-10(2)12-6-4-5-11-9-14(3)8-7-13(11)12;1-10(2)13-9-14(3)8-11-6-4-5-7-12(11)13;2*1-10(2)12-9-5-7-11-6-3-4-8-13(11)12;1-9(2)11-8-7-10-5-3-4-6-12(10)11;1-8(2)9-4-3-5-11-10(9)6-7-12-11;;;;;/h4-6,10H,7-9H2,1-3H3;4-7,10,13H,8-9H2,1-3H3;5,7,9-10H,3-4,6,8H2,1-2H3;3-4,6,8,10,12H,5,7,9H2,1-2H3;3-6,9,11H,7-8H2,1-2H3;3-5,8H,6-7H2,1-2H3;5*1H4. The number of hydrogen-bond acceptors (Lipinski definition) is 3. The zero-order valence-corrected chi connectivity index (χ0v) is 51.4. The van der Waals surface area contributed by atoms with Gasteiger partial charge in [-0.3, -0.25) is 0 Å². The van der Waals surface area contributed by atoms with Crippen molar-refractivity contribution in [1.82, 2.24) is 9.80 Å².